The van der Waals surface area contributed by atoms with Gasteiger partial charge in [0, 0.05) is 38.2 Å². The Balaban J connectivity index is 0.00000200. The fourth-order valence-corrected chi connectivity index (χ4v) is 3.31. The molecule has 0 aromatic carbocycles. The fraction of sp³-hybridized carbons (Fsp3) is 0.750. The van der Waals surface area contributed by atoms with Crippen molar-refractivity contribution >= 4 is 41.7 Å². The van der Waals surface area contributed by atoms with Crippen molar-refractivity contribution in [1.82, 2.24) is 25.0 Å². The van der Waals surface area contributed by atoms with Crippen LogP contribution in [-0.2, 0) is 13.6 Å². The molecule has 0 saturated carbocycles. The molecule has 20 heavy (non-hydrogen) atoms. The van der Waals surface area contributed by atoms with Gasteiger partial charge in [0.1, 0.15) is 12.2 Å². The first-order valence-corrected chi connectivity index (χ1v) is 7.69. The molecule has 2 rings (SSSR count). The van der Waals surface area contributed by atoms with E-state index in [9.17, 15) is 0 Å². The van der Waals surface area contributed by atoms with Gasteiger partial charge in [-0.25, -0.2) is 4.98 Å². The zero-order valence-electron chi connectivity index (χ0n) is 12.2. The molecule has 1 saturated heterocycles. The number of aromatic nitrogens is 3. The molecule has 6 nitrogen and oxygen atoms in total. The van der Waals surface area contributed by atoms with E-state index in [1.807, 2.05) is 14.1 Å². The van der Waals surface area contributed by atoms with Crippen molar-refractivity contribution in [3.63, 3.8) is 0 Å². The molecule has 1 N–H and O–H groups in total. The van der Waals surface area contributed by atoms with Crippen molar-refractivity contribution in [1.29, 1.82) is 0 Å². The van der Waals surface area contributed by atoms with E-state index in [4.69, 9.17) is 0 Å². The number of hydrogen-bond acceptors (Lipinski definition) is 4. The number of guanidine groups is 1. The normalized spacial score (nSPS) is 19.6. The molecule has 0 radical (unpaired) electrons. The lowest BCUT2D eigenvalue weighted by Gasteiger charge is -2.34. The maximum Gasteiger partial charge on any atom is 0.194 e. The summed E-state index contributed by atoms with van der Waals surface area (Å²) in [7, 11) is 3.74. The summed E-state index contributed by atoms with van der Waals surface area (Å²) in [4.78, 5) is 10.9. The molecule has 0 amide bonds. The highest BCUT2D eigenvalue weighted by molar-refractivity contribution is 14.0. The van der Waals surface area contributed by atoms with Crippen LogP contribution in [0.1, 0.15) is 19.2 Å². The molecule has 0 spiro atoms. The van der Waals surface area contributed by atoms with Gasteiger partial charge in [0.2, 0.25) is 0 Å². The summed E-state index contributed by atoms with van der Waals surface area (Å²) in [5, 5.41) is 8.15. The second-order valence-corrected chi connectivity index (χ2v) is 5.96. The molecular formula is C12H23IN6S. The standard InChI is InChI=1S/C12H22N6S.HI/c1-4-10-8-18(5-6-19-10)12(13-2)14-7-11-15-9-16-17(11)3;/h9-10H,4-8H2,1-3H3,(H,13,14);1H. The average molecular weight is 410 g/mol. The van der Waals surface area contributed by atoms with Crippen molar-refractivity contribution in [3.8, 4) is 0 Å². The largest absolute Gasteiger partial charge is 0.349 e. The second kappa shape index (κ2) is 8.71. The Labute approximate surface area is 141 Å². The van der Waals surface area contributed by atoms with Crippen molar-refractivity contribution in [2.45, 2.75) is 25.1 Å². The summed E-state index contributed by atoms with van der Waals surface area (Å²) in [6.07, 6.45) is 2.78. The van der Waals surface area contributed by atoms with E-state index in [1.54, 1.807) is 11.0 Å². The lowest BCUT2D eigenvalue weighted by Crippen LogP contribution is -2.47. The van der Waals surface area contributed by atoms with E-state index in [2.05, 4.69) is 44.0 Å². The first-order chi connectivity index (χ1) is 9.24. The third-order valence-corrected chi connectivity index (χ3v) is 4.69. The lowest BCUT2D eigenvalue weighted by atomic mass is 10.3. The molecule has 2 heterocycles. The molecule has 8 heteroatoms. The molecule has 0 bridgehead atoms. The molecule has 1 aromatic heterocycles. The first-order valence-electron chi connectivity index (χ1n) is 6.64. The van der Waals surface area contributed by atoms with Crippen molar-refractivity contribution < 1.29 is 0 Å². The van der Waals surface area contributed by atoms with E-state index in [0.717, 1.165) is 24.9 Å². The summed E-state index contributed by atoms with van der Waals surface area (Å²) in [6.45, 7) is 5.03. The van der Waals surface area contributed by atoms with E-state index >= 15 is 0 Å². The number of aryl methyl sites for hydroxylation is 1. The molecule has 1 aliphatic heterocycles. The van der Waals surface area contributed by atoms with Crippen molar-refractivity contribution in [2.24, 2.45) is 12.0 Å². The maximum absolute atomic E-state index is 4.37. The first kappa shape index (κ1) is 17.5. The molecule has 0 aliphatic carbocycles. The predicted molar refractivity (Wildman–Crippen MR) is 94.7 cm³/mol. The van der Waals surface area contributed by atoms with E-state index in [-0.39, 0.29) is 24.0 Å². The number of thioether (sulfide) groups is 1. The second-order valence-electron chi connectivity index (χ2n) is 4.55. The Morgan fingerprint density at radius 1 is 1.60 bits per heavy atom. The monoisotopic (exact) mass is 410 g/mol. The van der Waals surface area contributed by atoms with Crippen LogP contribution in [0.3, 0.4) is 0 Å². The molecule has 1 fully saturated rings. The van der Waals surface area contributed by atoms with Crippen LogP contribution in [0.2, 0.25) is 0 Å². The van der Waals surface area contributed by atoms with Gasteiger partial charge >= 0.3 is 0 Å². The fourth-order valence-electron chi connectivity index (χ4n) is 2.13. The summed E-state index contributed by atoms with van der Waals surface area (Å²) in [5.41, 5.74) is 0. The SMILES string of the molecule is CCC1CN(C(=NC)NCc2ncnn2C)CCS1.I. The van der Waals surface area contributed by atoms with Gasteiger partial charge < -0.3 is 10.2 Å². The number of nitrogens with zero attached hydrogens (tertiary/aromatic N) is 5. The molecule has 1 aliphatic rings. The highest BCUT2D eigenvalue weighted by atomic mass is 127. The van der Waals surface area contributed by atoms with Crippen LogP contribution >= 0.6 is 35.7 Å². The Hall–Kier alpha value is -0.510. The topological polar surface area (TPSA) is 58.3 Å². The summed E-state index contributed by atoms with van der Waals surface area (Å²) in [5.74, 6) is 3.05. The van der Waals surface area contributed by atoms with E-state index in [1.165, 1.54) is 12.2 Å². The van der Waals surface area contributed by atoms with Gasteiger partial charge in [-0.15, -0.1) is 24.0 Å². The molecule has 1 atom stereocenters. The van der Waals surface area contributed by atoms with Gasteiger partial charge in [-0.1, -0.05) is 6.92 Å². The van der Waals surface area contributed by atoms with Crippen molar-refractivity contribution in [2.75, 3.05) is 25.9 Å². The molecule has 114 valence electrons. The zero-order valence-corrected chi connectivity index (χ0v) is 15.4. The Morgan fingerprint density at radius 2 is 2.40 bits per heavy atom. The van der Waals surface area contributed by atoms with E-state index in [0.29, 0.717) is 11.8 Å². The van der Waals surface area contributed by atoms with Crippen LogP contribution in [-0.4, -0.2) is 56.8 Å². The number of aliphatic imine (C=N–C) groups is 1. The zero-order chi connectivity index (χ0) is 13.7. The third-order valence-electron chi connectivity index (χ3n) is 3.32. The van der Waals surface area contributed by atoms with E-state index < -0.39 is 0 Å². The minimum atomic E-state index is 0. The highest BCUT2D eigenvalue weighted by Crippen LogP contribution is 2.20. The minimum Gasteiger partial charge on any atom is -0.349 e. The van der Waals surface area contributed by atoms with Gasteiger partial charge in [-0.05, 0) is 6.42 Å². The van der Waals surface area contributed by atoms with Gasteiger partial charge in [0.15, 0.2) is 5.96 Å². The van der Waals surface area contributed by atoms with Crippen LogP contribution in [0.4, 0.5) is 0 Å². The number of halogens is 1. The Kier molecular flexibility index (Phi) is 7.63. The van der Waals surface area contributed by atoms with Crippen LogP contribution in [0.5, 0.6) is 0 Å². The van der Waals surface area contributed by atoms with Gasteiger partial charge in [0.05, 0.1) is 6.54 Å². The average Bonchev–Trinajstić information content (AvgIpc) is 2.85. The molecular weight excluding hydrogens is 387 g/mol. The summed E-state index contributed by atoms with van der Waals surface area (Å²) >= 11 is 2.06. The molecule has 1 unspecified atom stereocenters. The summed E-state index contributed by atoms with van der Waals surface area (Å²) in [6, 6.07) is 0. The van der Waals surface area contributed by atoms with Gasteiger partial charge in [-0.2, -0.15) is 16.9 Å². The van der Waals surface area contributed by atoms with Crippen LogP contribution in [0.15, 0.2) is 11.3 Å². The number of rotatable bonds is 3. The van der Waals surface area contributed by atoms with Crippen LogP contribution in [0, 0.1) is 0 Å². The third kappa shape index (κ3) is 4.51. The quantitative estimate of drug-likeness (QED) is 0.463. The van der Waals surface area contributed by atoms with Crippen LogP contribution in [0.25, 0.3) is 0 Å². The summed E-state index contributed by atoms with van der Waals surface area (Å²) < 4.78 is 1.78. The minimum absolute atomic E-state index is 0. The smallest absolute Gasteiger partial charge is 0.194 e. The Morgan fingerprint density at radius 3 is 3.00 bits per heavy atom. The van der Waals surface area contributed by atoms with Crippen LogP contribution < -0.4 is 5.32 Å². The number of nitrogens with one attached hydrogen (secondary N) is 1. The predicted octanol–water partition coefficient (Wildman–Crippen LogP) is 1.34. The Bertz CT molecular complexity index is 435. The highest BCUT2D eigenvalue weighted by Gasteiger charge is 2.21. The number of hydrogen-bond donors (Lipinski definition) is 1. The maximum atomic E-state index is 4.37. The lowest BCUT2D eigenvalue weighted by molar-refractivity contribution is 0.407. The van der Waals surface area contributed by atoms with Gasteiger partial charge in [-0.3, -0.25) is 9.67 Å². The molecule has 1 aromatic rings. The van der Waals surface area contributed by atoms with Gasteiger partial charge in [0.25, 0.3) is 0 Å². The van der Waals surface area contributed by atoms with Crippen molar-refractivity contribution in [3.05, 3.63) is 12.2 Å².